The second kappa shape index (κ2) is 16.2. The van der Waals surface area contributed by atoms with Crippen molar-refractivity contribution in [2.75, 3.05) is 25.6 Å². The zero-order valence-corrected chi connectivity index (χ0v) is 29.5. The molecule has 0 bridgehead atoms. The van der Waals surface area contributed by atoms with E-state index in [1.807, 2.05) is 78.9 Å². The Morgan fingerprint density at radius 2 is 1.54 bits per heavy atom. The molecule has 1 fully saturated rings. The van der Waals surface area contributed by atoms with Gasteiger partial charge in [-0.3, -0.25) is 9.59 Å². The summed E-state index contributed by atoms with van der Waals surface area (Å²) in [5.74, 6) is 0.917. The number of ether oxygens (including phenoxy) is 2. The number of hydrogen-bond acceptors (Lipinski definition) is 5. The van der Waals surface area contributed by atoms with E-state index in [2.05, 4.69) is 43.5 Å². The Bertz CT molecular complexity index is 1630. The summed E-state index contributed by atoms with van der Waals surface area (Å²) in [6.45, 7) is 7.68. The first-order valence-corrected chi connectivity index (χ1v) is 19.9. The highest BCUT2D eigenvalue weighted by Crippen LogP contribution is 2.46. The molecule has 252 valence electrons. The van der Waals surface area contributed by atoms with E-state index in [9.17, 15) is 14.7 Å². The Balaban J connectivity index is 1.34. The van der Waals surface area contributed by atoms with Crippen LogP contribution in [-0.2, 0) is 22.5 Å². The van der Waals surface area contributed by atoms with E-state index in [-0.39, 0.29) is 55.1 Å². The fraction of sp³-hybridized carbons (Fsp3) is 0.350. The topological polar surface area (TPSA) is 88.1 Å². The number of rotatable bonds is 14. The predicted molar refractivity (Wildman–Crippen MR) is 194 cm³/mol. The molecule has 0 aromatic heterocycles. The molecule has 0 saturated carbocycles. The lowest BCUT2D eigenvalue weighted by molar-refractivity contribution is -0.135. The van der Waals surface area contributed by atoms with E-state index in [0.717, 1.165) is 35.4 Å². The molecular weight excluding hydrogens is 617 g/mol. The third kappa shape index (κ3) is 8.61. The van der Waals surface area contributed by atoms with Crippen LogP contribution in [0.25, 0.3) is 0 Å². The van der Waals surface area contributed by atoms with Crippen LogP contribution in [0.15, 0.2) is 109 Å². The lowest BCUT2D eigenvalue weighted by Crippen LogP contribution is -2.51. The minimum absolute atomic E-state index is 0.00265. The number of carbonyl (C=O) groups is 2. The molecule has 0 aliphatic carbocycles. The van der Waals surface area contributed by atoms with Crippen molar-refractivity contribution >= 4 is 30.8 Å². The number of aryl methyl sites for hydroxylation is 1. The number of aliphatic hydroxyl groups excluding tert-OH is 1. The largest absolute Gasteiger partial charge is 0.497 e. The van der Waals surface area contributed by atoms with Crippen LogP contribution in [0.5, 0.6) is 5.75 Å². The van der Waals surface area contributed by atoms with Gasteiger partial charge in [-0.25, -0.2) is 0 Å². The monoisotopic (exact) mass is 664 g/mol. The average molecular weight is 665 g/mol. The zero-order chi connectivity index (χ0) is 34.1. The third-order valence-electron chi connectivity index (χ3n) is 9.82. The van der Waals surface area contributed by atoms with Crippen molar-refractivity contribution in [3.8, 4) is 5.75 Å². The van der Waals surface area contributed by atoms with Crippen LogP contribution < -0.4 is 15.2 Å². The molecule has 0 unspecified atom stereocenters. The second-order valence-corrected chi connectivity index (χ2v) is 18.0. The summed E-state index contributed by atoms with van der Waals surface area (Å²) in [5, 5.41) is 14.2. The summed E-state index contributed by atoms with van der Waals surface area (Å²) in [5.41, 5.74) is 3.73. The number of methoxy groups -OCH3 is 1. The summed E-state index contributed by atoms with van der Waals surface area (Å²) < 4.78 is 12.3. The molecular formula is C40H48N2O5Si. The normalized spacial score (nSPS) is 19.1. The smallest absolute Gasteiger partial charge is 0.255 e. The van der Waals surface area contributed by atoms with Gasteiger partial charge in [0.15, 0.2) is 0 Å². The van der Waals surface area contributed by atoms with Gasteiger partial charge in [0.1, 0.15) is 5.75 Å². The lowest BCUT2D eigenvalue weighted by Gasteiger charge is -2.36. The molecule has 7 nitrogen and oxygen atoms in total. The first kappa shape index (κ1) is 35.1. The van der Waals surface area contributed by atoms with Crippen molar-refractivity contribution in [1.29, 1.82) is 0 Å². The number of hydrogen-bond donors (Lipinski definition) is 2. The van der Waals surface area contributed by atoms with E-state index in [1.54, 1.807) is 24.1 Å². The molecule has 0 spiro atoms. The number of amides is 2. The summed E-state index contributed by atoms with van der Waals surface area (Å²) >= 11 is 0. The molecule has 4 aromatic carbocycles. The maximum absolute atomic E-state index is 13.9. The standard InChI is InChI=1S/C40H48N2O5Si/c1-29-36(23-18-30-14-11-17-33(26-30)41-40(45)32-15-9-6-10-16-32)47-37(39(29)48(3,4)35-21-19-34(46-2)20-22-35)27-38(44)42(24-25-43)28-31-12-7-5-8-13-31/h5-17,19-22,26,29,36-37,39,43H,18,23-25,27-28H2,1-4H3,(H,41,45)/t29-,36+,37-,39+/m0/s1. The summed E-state index contributed by atoms with van der Waals surface area (Å²) in [7, 11) is -0.483. The van der Waals surface area contributed by atoms with Crippen LogP contribution >= 0.6 is 0 Å². The molecule has 2 amide bonds. The van der Waals surface area contributed by atoms with Gasteiger partial charge in [-0.05, 0) is 71.8 Å². The molecule has 2 N–H and O–H groups in total. The molecule has 1 aliphatic heterocycles. The van der Waals surface area contributed by atoms with Crippen molar-refractivity contribution in [2.45, 2.75) is 63.6 Å². The maximum Gasteiger partial charge on any atom is 0.255 e. The van der Waals surface area contributed by atoms with Gasteiger partial charge >= 0.3 is 0 Å². The van der Waals surface area contributed by atoms with Crippen molar-refractivity contribution < 1.29 is 24.2 Å². The molecule has 1 saturated heterocycles. The second-order valence-electron chi connectivity index (χ2n) is 13.3. The van der Waals surface area contributed by atoms with E-state index >= 15 is 0 Å². The van der Waals surface area contributed by atoms with E-state index in [4.69, 9.17) is 9.47 Å². The highest BCUT2D eigenvalue weighted by Gasteiger charge is 2.51. The molecule has 8 heteroatoms. The summed E-state index contributed by atoms with van der Waals surface area (Å²) in [6.07, 6.45) is 1.59. The number of carbonyl (C=O) groups excluding carboxylic acids is 2. The minimum atomic E-state index is -2.16. The predicted octanol–water partition coefficient (Wildman–Crippen LogP) is 6.68. The van der Waals surface area contributed by atoms with Crippen molar-refractivity contribution in [1.82, 2.24) is 4.90 Å². The quantitative estimate of drug-likeness (QED) is 0.147. The van der Waals surface area contributed by atoms with Gasteiger partial charge in [-0.1, -0.05) is 98.0 Å². The highest BCUT2D eigenvalue weighted by molar-refractivity contribution is 6.91. The fourth-order valence-corrected chi connectivity index (χ4v) is 11.3. The molecule has 48 heavy (non-hydrogen) atoms. The zero-order valence-electron chi connectivity index (χ0n) is 28.5. The van der Waals surface area contributed by atoms with Crippen molar-refractivity contribution in [3.63, 3.8) is 0 Å². The van der Waals surface area contributed by atoms with Gasteiger partial charge in [0.2, 0.25) is 5.91 Å². The van der Waals surface area contributed by atoms with Crippen molar-refractivity contribution in [2.24, 2.45) is 5.92 Å². The number of nitrogens with one attached hydrogen (secondary N) is 1. The van der Waals surface area contributed by atoms with E-state index in [0.29, 0.717) is 12.1 Å². The highest BCUT2D eigenvalue weighted by atomic mass is 28.3. The Morgan fingerprint density at radius 1 is 0.875 bits per heavy atom. The van der Waals surface area contributed by atoms with Crippen LogP contribution in [0, 0.1) is 5.92 Å². The molecule has 1 aliphatic rings. The van der Waals surface area contributed by atoms with Crippen LogP contribution in [-0.4, -0.2) is 62.4 Å². The van der Waals surface area contributed by atoms with Crippen molar-refractivity contribution in [3.05, 3.63) is 126 Å². The molecule has 4 atom stereocenters. The number of anilines is 1. The van der Waals surface area contributed by atoms with Gasteiger partial charge in [0.25, 0.3) is 5.91 Å². The number of nitrogens with zero attached hydrogens (tertiary/aromatic N) is 1. The fourth-order valence-electron chi connectivity index (χ4n) is 7.27. The van der Waals surface area contributed by atoms with Crippen LogP contribution in [0.2, 0.25) is 18.6 Å². The minimum Gasteiger partial charge on any atom is -0.497 e. The van der Waals surface area contributed by atoms with Crippen LogP contribution in [0.3, 0.4) is 0 Å². The van der Waals surface area contributed by atoms with Gasteiger partial charge in [-0.2, -0.15) is 0 Å². The third-order valence-corrected chi connectivity index (χ3v) is 14.2. The summed E-state index contributed by atoms with van der Waals surface area (Å²) in [4.78, 5) is 28.4. The van der Waals surface area contributed by atoms with Gasteiger partial charge in [0.05, 0.1) is 40.4 Å². The summed E-state index contributed by atoms with van der Waals surface area (Å²) in [6, 6.07) is 35.5. The molecule has 1 heterocycles. The Hall–Kier alpha value is -4.24. The average Bonchev–Trinajstić information content (AvgIpc) is 3.42. The van der Waals surface area contributed by atoms with Gasteiger partial charge in [-0.15, -0.1) is 0 Å². The van der Waals surface area contributed by atoms with Crippen LogP contribution in [0.1, 0.15) is 41.3 Å². The number of aliphatic hydroxyl groups is 1. The SMILES string of the molecule is COc1ccc([Si](C)(C)[C@@H]2[C@@H](C)[C@@H](CCc3cccc(NC(=O)c4ccccc4)c3)O[C@H]2CC(=O)N(CCO)Cc2ccccc2)cc1. The maximum atomic E-state index is 13.9. The van der Waals surface area contributed by atoms with Gasteiger partial charge < -0.3 is 24.8 Å². The van der Waals surface area contributed by atoms with E-state index < -0.39 is 8.07 Å². The molecule has 5 rings (SSSR count). The van der Waals surface area contributed by atoms with E-state index in [1.165, 1.54) is 5.19 Å². The number of benzene rings is 4. The Labute approximate surface area is 285 Å². The first-order chi connectivity index (χ1) is 23.2. The lowest BCUT2D eigenvalue weighted by atomic mass is 9.95. The van der Waals surface area contributed by atoms with Gasteiger partial charge in [0, 0.05) is 24.3 Å². The Morgan fingerprint density at radius 3 is 2.21 bits per heavy atom. The molecule has 4 aromatic rings. The van der Waals surface area contributed by atoms with Crippen LogP contribution in [0.4, 0.5) is 5.69 Å². The Kier molecular flexibility index (Phi) is 11.9. The first-order valence-electron chi connectivity index (χ1n) is 16.9. The molecule has 0 radical (unpaired) electrons.